The van der Waals surface area contributed by atoms with Gasteiger partial charge < -0.3 is 5.73 Å². The first-order chi connectivity index (χ1) is 9.99. The number of fused-ring (bicyclic) bond motifs is 1. The maximum atomic E-state index is 12.1. The Kier molecular flexibility index (Phi) is 3.82. The number of hydrogen-bond acceptors (Lipinski definition) is 4. The molecule has 21 heavy (non-hydrogen) atoms. The molecule has 0 aliphatic heterocycles. The summed E-state index contributed by atoms with van der Waals surface area (Å²) in [7, 11) is 0. The van der Waals surface area contributed by atoms with E-state index in [2.05, 4.69) is 27.7 Å². The van der Waals surface area contributed by atoms with Crippen LogP contribution in [-0.2, 0) is 0 Å². The van der Waals surface area contributed by atoms with E-state index < -0.39 is 5.91 Å². The predicted molar refractivity (Wildman–Crippen MR) is 83.9 cm³/mol. The first kappa shape index (κ1) is 14.6. The third-order valence-electron chi connectivity index (χ3n) is 3.75. The molecule has 1 fully saturated rings. The van der Waals surface area contributed by atoms with E-state index in [0.29, 0.717) is 11.8 Å². The van der Waals surface area contributed by atoms with E-state index in [4.69, 9.17) is 40.5 Å². The second kappa shape index (κ2) is 5.48. The minimum absolute atomic E-state index is 0.0276. The topological polar surface area (TPSA) is 80.4 Å². The van der Waals surface area contributed by atoms with Gasteiger partial charge in [0.15, 0.2) is 10.8 Å². The summed E-state index contributed by atoms with van der Waals surface area (Å²) < 4.78 is 0. The van der Waals surface area contributed by atoms with Gasteiger partial charge in [0, 0.05) is 11.6 Å². The van der Waals surface area contributed by atoms with Crippen LogP contribution in [0.4, 0.5) is 5.69 Å². The fourth-order valence-electron chi connectivity index (χ4n) is 2.52. The lowest BCUT2D eigenvalue weighted by molar-refractivity contribution is 0.0949. The Morgan fingerprint density at radius 2 is 2.14 bits per heavy atom. The molecule has 1 amide bonds. The van der Waals surface area contributed by atoms with Gasteiger partial charge >= 0.3 is 0 Å². The average Bonchev–Trinajstić information content (AvgIpc) is 2.82. The average molecular weight is 346 g/mol. The first-order valence-electron chi connectivity index (χ1n) is 6.32. The fourth-order valence-corrected chi connectivity index (χ4v) is 3.11. The van der Waals surface area contributed by atoms with Crippen molar-refractivity contribution in [2.24, 2.45) is 16.9 Å². The molecule has 1 aromatic rings. The highest BCUT2D eigenvalue weighted by molar-refractivity contribution is 6.46. The van der Waals surface area contributed by atoms with Crippen LogP contribution in [0.5, 0.6) is 0 Å². The van der Waals surface area contributed by atoms with Crippen LogP contribution >= 0.6 is 34.8 Å². The van der Waals surface area contributed by atoms with Crippen molar-refractivity contribution >= 4 is 52.1 Å². The standard InChI is InChI=1S/C13H11Cl3N4O/c14-8-10(17)9(15)12(16)18-11(8)13(21)20-19-7-4-5-2-1-3-6(5)7/h1-2,5-6H,3-4H2,(H2,17,18)(H,20,21)/b19-7-. The Hall–Kier alpha value is -1.30. The van der Waals surface area contributed by atoms with E-state index in [-0.39, 0.29) is 26.6 Å². The number of allylic oxidation sites excluding steroid dienone is 2. The van der Waals surface area contributed by atoms with Gasteiger partial charge in [-0.3, -0.25) is 4.79 Å². The second-order valence-corrected chi connectivity index (χ2v) is 6.09. The van der Waals surface area contributed by atoms with E-state index in [1.165, 1.54) is 0 Å². The molecular formula is C13H11Cl3N4O. The molecule has 5 nitrogen and oxygen atoms in total. The SMILES string of the molecule is Nc1c(Cl)c(Cl)nc(C(=O)N/N=C2/CC3C=CCC23)c1Cl. The van der Waals surface area contributed by atoms with Crippen LogP contribution in [0.25, 0.3) is 0 Å². The normalized spacial score (nSPS) is 24.8. The molecule has 8 heteroatoms. The van der Waals surface area contributed by atoms with Crippen molar-refractivity contribution in [1.29, 1.82) is 0 Å². The number of hydrogen-bond donors (Lipinski definition) is 2. The highest BCUT2D eigenvalue weighted by Gasteiger charge is 2.38. The molecule has 2 unspecified atom stereocenters. The van der Waals surface area contributed by atoms with Crippen LogP contribution < -0.4 is 11.2 Å². The van der Waals surface area contributed by atoms with Gasteiger partial charge in [-0.25, -0.2) is 10.4 Å². The highest BCUT2D eigenvalue weighted by atomic mass is 35.5. The maximum Gasteiger partial charge on any atom is 0.291 e. The molecule has 2 atom stereocenters. The van der Waals surface area contributed by atoms with E-state index >= 15 is 0 Å². The first-order valence-corrected chi connectivity index (χ1v) is 7.46. The lowest BCUT2D eigenvalue weighted by Crippen LogP contribution is -2.35. The van der Waals surface area contributed by atoms with E-state index in [9.17, 15) is 4.79 Å². The number of halogens is 3. The molecular weight excluding hydrogens is 335 g/mol. The van der Waals surface area contributed by atoms with Gasteiger partial charge in [0.05, 0.1) is 10.7 Å². The smallest absolute Gasteiger partial charge is 0.291 e. The summed E-state index contributed by atoms with van der Waals surface area (Å²) in [6.07, 6.45) is 6.16. The lowest BCUT2D eigenvalue weighted by atomic mass is 9.74. The predicted octanol–water partition coefficient (Wildman–Crippen LogP) is 3.31. The van der Waals surface area contributed by atoms with Gasteiger partial charge in [0.25, 0.3) is 5.91 Å². The molecule has 0 radical (unpaired) electrons. The number of nitrogens with two attached hydrogens (primary N) is 1. The number of hydrazone groups is 1. The van der Waals surface area contributed by atoms with E-state index in [1.54, 1.807) is 0 Å². The molecule has 1 aromatic heterocycles. The Morgan fingerprint density at radius 1 is 1.38 bits per heavy atom. The van der Waals surface area contributed by atoms with Crippen LogP contribution in [0.2, 0.25) is 15.2 Å². The van der Waals surface area contributed by atoms with E-state index in [1.807, 2.05) is 0 Å². The lowest BCUT2D eigenvalue weighted by Gasteiger charge is -2.31. The zero-order valence-electron chi connectivity index (χ0n) is 10.7. The fraction of sp³-hybridized carbons (Fsp3) is 0.308. The highest BCUT2D eigenvalue weighted by Crippen LogP contribution is 2.40. The molecule has 2 aliphatic rings. The minimum atomic E-state index is -0.563. The summed E-state index contributed by atoms with van der Waals surface area (Å²) >= 11 is 17.6. The van der Waals surface area contributed by atoms with Crippen LogP contribution in [0.3, 0.4) is 0 Å². The van der Waals surface area contributed by atoms with Gasteiger partial charge in [-0.05, 0) is 18.8 Å². The Balaban J connectivity index is 1.76. The number of aromatic nitrogens is 1. The van der Waals surface area contributed by atoms with Crippen LogP contribution in [-0.4, -0.2) is 16.6 Å². The Labute approximate surface area is 136 Å². The van der Waals surface area contributed by atoms with Crippen molar-refractivity contribution in [2.45, 2.75) is 12.8 Å². The molecule has 0 saturated heterocycles. The summed E-state index contributed by atoms with van der Waals surface area (Å²) in [6.45, 7) is 0. The van der Waals surface area contributed by atoms with Gasteiger partial charge in [-0.1, -0.05) is 47.0 Å². The second-order valence-electron chi connectivity index (χ2n) is 4.98. The van der Waals surface area contributed by atoms with Crippen molar-refractivity contribution in [3.8, 4) is 0 Å². The number of anilines is 1. The quantitative estimate of drug-likeness (QED) is 0.490. The summed E-state index contributed by atoms with van der Waals surface area (Å²) in [5.74, 6) is 0.405. The third kappa shape index (κ3) is 2.50. The van der Waals surface area contributed by atoms with Crippen molar-refractivity contribution < 1.29 is 4.79 Å². The van der Waals surface area contributed by atoms with Crippen LogP contribution in [0.1, 0.15) is 23.3 Å². The number of pyridine rings is 1. The molecule has 1 saturated carbocycles. The van der Waals surface area contributed by atoms with Gasteiger partial charge in [0.2, 0.25) is 0 Å². The molecule has 0 bridgehead atoms. The number of rotatable bonds is 2. The van der Waals surface area contributed by atoms with Crippen molar-refractivity contribution in [2.75, 3.05) is 5.73 Å². The summed E-state index contributed by atoms with van der Waals surface area (Å²) in [4.78, 5) is 15.9. The van der Waals surface area contributed by atoms with Gasteiger partial charge in [-0.15, -0.1) is 0 Å². The van der Waals surface area contributed by atoms with Crippen molar-refractivity contribution in [1.82, 2.24) is 10.4 Å². The minimum Gasteiger partial charge on any atom is -0.396 e. The van der Waals surface area contributed by atoms with E-state index in [0.717, 1.165) is 18.6 Å². The Bertz CT molecular complexity index is 686. The number of nitrogens with one attached hydrogen (secondary N) is 1. The molecule has 3 N–H and O–H groups in total. The number of carbonyl (C=O) groups is 1. The molecule has 110 valence electrons. The summed E-state index contributed by atoms with van der Waals surface area (Å²) in [6, 6.07) is 0. The molecule has 3 rings (SSSR count). The van der Waals surface area contributed by atoms with Gasteiger partial charge in [0.1, 0.15) is 5.02 Å². The monoisotopic (exact) mass is 344 g/mol. The van der Waals surface area contributed by atoms with Gasteiger partial charge in [-0.2, -0.15) is 5.10 Å². The largest absolute Gasteiger partial charge is 0.396 e. The zero-order chi connectivity index (χ0) is 15.1. The third-order valence-corrected chi connectivity index (χ3v) is 4.89. The molecule has 1 heterocycles. The van der Waals surface area contributed by atoms with Crippen molar-refractivity contribution in [3.63, 3.8) is 0 Å². The number of carbonyl (C=O) groups excluding carboxylic acids is 1. The maximum absolute atomic E-state index is 12.1. The number of amides is 1. The van der Waals surface area contributed by atoms with Crippen LogP contribution in [0.15, 0.2) is 17.3 Å². The summed E-state index contributed by atoms with van der Waals surface area (Å²) in [5.41, 5.74) is 9.03. The molecule has 0 spiro atoms. The van der Waals surface area contributed by atoms with Crippen LogP contribution in [0, 0.1) is 11.8 Å². The summed E-state index contributed by atoms with van der Waals surface area (Å²) in [5, 5.41) is 4.06. The molecule has 0 aromatic carbocycles. The zero-order valence-corrected chi connectivity index (χ0v) is 13.0. The number of nitrogens with zero attached hydrogens (tertiary/aromatic N) is 2. The Morgan fingerprint density at radius 3 is 2.86 bits per heavy atom. The van der Waals surface area contributed by atoms with Crippen molar-refractivity contribution in [3.05, 3.63) is 33.0 Å². The molecule has 2 aliphatic carbocycles. The number of nitrogen functional groups attached to an aromatic ring is 1.